The van der Waals surface area contributed by atoms with Crippen molar-refractivity contribution >= 4 is 11.8 Å². The molecule has 1 fully saturated rings. The van der Waals surface area contributed by atoms with Gasteiger partial charge in [0, 0.05) is 26.8 Å². The van der Waals surface area contributed by atoms with Crippen LogP contribution in [-0.2, 0) is 9.47 Å². The highest BCUT2D eigenvalue weighted by Crippen LogP contribution is 2.22. The molecule has 6 nitrogen and oxygen atoms in total. The number of rotatable bonds is 4. The van der Waals surface area contributed by atoms with Crippen LogP contribution in [0.15, 0.2) is 12.3 Å². The fourth-order valence-corrected chi connectivity index (χ4v) is 1.74. The second kappa shape index (κ2) is 5.07. The van der Waals surface area contributed by atoms with Crippen LogP contribution >= 0.6 is 0 Å². The van der Waals surface area contributed by atoms with E-state index in [1.165, 1.54) is 0 Å². The molecule has 2 heterocycles. The molecular weight excluding hydrogens is 232 g/mol. The molecule has 1 saturated heterocycles. The van der Waals surface area contributed by atoms with E-state index in [1.54, 1.807) is 6.20 Å². The molecule has 1 N–H and O–H groups in total. The maximum atomic E-state index is 5.71. The summed E-state index contributed by atoms with van der Waals surface area (Å²) in [5, 5.41) is 3.24. The van der Waals surface area contributed by atoms with Crippen LogP contribution in [-0.4, -0.2) is 49.1 Å². The van der Waals surface area contributed by atoms with E-state index in [-0.39, 0.29) is 6.10 Å². The van der Waals surface area contributed by atoms with Crippen molar-refractivity contribution < 1.29 is 9.47 Å². The minimum atomic E-state index is -0.479. The van der Waals surface area contributed by atoms with Crippen molar-refractivity contribution in [3.05, 3.63) is 12.3 Å². The number of hydrogen-bond donors (Lipinski definition) is 1. The summed E-state index contributed by atoms with van der Waals surface area (Å²) >= 11 is 0. The highest BCUT2D eigenvalue weighted by Gasteiger charge is 2.32. The summed E-state index contributed by atoms with van der Waals surface area (Å²) in [7, 11) is 3.82. The Balaban J connectivity index is 1.89. The lowest BCUT2D eigenvalue weighted by molar-refractivity contribution is -0.136. The van der Waals surface area contributed by atoms with Crippen LogP contribution in [0.4, 0.5) is 11.8 Å². The summed E-state index contributed by atoms with van der Waals surface area (Å²) < 4.78 is 11.2. The number of anilines is 2. The third-order valence-corrected chi connectivity index (χ3v) is 2.62. The van der Waals surface area contributed by atoms with Gasteiger partial charge in [-0.15, -0.1) is 0 Å². The zero-order valence-electron chi connectivity index (χ0n) is 11.3. The van der Waals surface area contributed by atoms with Crippen LogP contribution in [0.3, 0.4) is 0 Å². The predicted octanol–water partition coefficient (Wildman–Crippen LogP) is 1.11. The molecule has 1 atom stereocenters. The van der Waals surface area contributed by atoms with Gasteiger partial charge >= 0.3 is 0 Å². The molecule has 0 aromatic carbocycles. The van der Waals surface area contributed by atoms with Gasteiger partial charge in [-0.05, 0) is 19.9 Å². The smallest absolute Gasteiger partial charge is 0.226 e. The molecule has 0 aliphatic carbocycles. The molecule has 0 spiro atoms. The van der Waals surface area contributed by atoms with Gasteiger partial charge < -0.3 is 19.7 Å². The Morgan fingerprint density at radius 3 is 2.89 bits per heavy atom. The van der Waals surface area contributed by atoms with Gasteiger partial charge in [0.2, 0.25) is 5.95 Å². The summed E-state index contributed by atoms with van der Waals surface area (Å²) in [6.07, 6.45) is 1.79. The molecule has 1 aliphatic heterocycles. The van der Waals surface area contributed by atoms with Gasteiger partial charge in [0.25, 0.3) is 0 Å². The number of aromatic nitrogens is 2. The first kappa shape index (κ1) is 13.0. The summed E-state index contributed by atoms with van der Waals surface area (Å²) in [5.41, 5.74) is 0. The van der Waals surface area contributed by atoms with Crippen molar-refractivity contribution in [3.8, 4) is 0 Å². The first-order valence-electron chi connectivity index (χ1n) is 6.02. The Morgan fingerprint density at radius 2 is 2.28 bits per heavy atom. The van der Waals surface area contributed by atoms with E-state index >= 15 is 0 Å². The van der Waals surface area contributed by atoms with E-state index in [2.05, 4.69) is 15.3 Å². The van der Waals surface area contributed by atoms with E-state index in [0.717, 1.165) is 5.82 Å². The molecule has 0 radical (unpaired) electrons. The Hall–Kier alpha value is -1.40. The molecule has 1 unspecified atom stereocenters. The zero-order valence-corrected chi connectivity index (χ0v) is 11.3. The summed E-state index contributed by atoms with van der Waals surface area (Å²) in [6.45, 7) is 5.11. The van der Waals surface area contributed by atoms with Crippen LogP contribution in [0.2, 0.25) is 0 Å². The lowest BCUT2D eigenvalue weighted by Crippen LogP contribution is -2.26. The lowest BCUT2D eigenvalue weighted by Gasteiger charge is -2.17. The van der Waals surface area contributed by atoms with Gasteiger partial charge in [0.05, 0.1) is 6.61 Å². The summed E-state index contributed by atoms with van der Waals surface area (Å²) in [6, 6.07) is 1.84. The van der Waals surface area contributed by atoms with Crippen LogP contribution in [0, 0.1) is 0 Å². The molecule has 1 aromatic rings. The first-order chi connectivity index (χ1) is 8.46. The largest absolute Gasteiger partial charge is 0.367 e. The average molecular weight is 252 g/mol. The first-order valence-corrected chi connectivity index (χ1v) is 6.02. The van der Waals surface area contributed by atoms with Gasteiger partial charge in [-0.3, -0.25) is 0 Å². The maximum Gasteiger partial charge on any atom is 0.226 e. The molecule has 6 heteroatoms. The van der Waals surface area contributed by atoms with Crippen molar-refractivity contribution in [3.63, 3.8) is 0 Å². The third-order valence-electron chi connectivity index (χ3n) is 2.62. The Bertz CT molecular complexity index is 409. The van der Waals surface area contributed by atoms with E-state index in [9.17, 15) is 0 Å². The molecule has 2 rings (SSSR count). The number of hydrogen-bond acceptors (Lipinski definition) is 6. The highest BCUT2D eigenvalue weighted by atomic mass is 16.7. The number of nitrogens with one attached hydrogen (secondary N) is 1. The average Bonchev–Trinajstić information content (AvgIpc) is 2.67. The maximum absolute atomic E-state index is 5.71. The van der Waals surface area contributed by atoms with Crippen molar-refractivity contribution in [2.75, 3.05) is 37.5 Å². The van der Waals surface area contributed by atoms with Crippen molar-refractivity contribution in [2.24, 2.45) is 0 Å². The van der Waals surface area contributed by atoms with Crippen molar-refractivity contribution in [2.45, 2.75) is 25.7 Å². The van der Waals surface area contributed by atoms with Crippen LogP contribution in [0.25, 0.3) is 0 Å². The minimum Gasteiger partial charge on any atom is -0.367 e. The normalized spacial score (nSPS) is 21.9. The highest BCUT2D eigenvalue weighted by molar-refractivity contribution is 5.40. The summed E-state index contributed by atoms with van der Waals surface area (Å²) in [5.74, 6) is 0.998. The quantitative estimate of drug-likeness (QED) is 0.866. The molecule has 0 bridgehead atoms. The lowest BCUT2D eigenvalue weighted by atomic mass is 10.3. The molecule has 0 amide bonds. The standard InChI is InChI=1S/C12H20N4O2/c1-12(2)17-8-9(18-12)7-14-10-5-6-13-11(15-10)16(3)4/h5-6,9H,7-8H2,1-4H3,(H,13,14,15). The van der Waals surface area contributed by atoms with Crippen molar-refractivity contribution in [1.29, 1.82) is 0 Å². The Morgan fingerprint density at radius 1 is 1.50 bits per heavy atom. The monoisotopic (exact) mass is 252 g/mol. The topological polar surface area (TPSA) is 59.5 Å². The minimum absolute atomic E-state index is 0.0535. The summed E-state index contributed by atoms with van der Waals surface area (Å²) in [4.78, 5) is 10.4. The number of nitrogens with zero attached hydrogens (tertiary/aromatic N) is 3. The Labute approximate surface area is 107 Å². The SMILES string of the molecule is CN(C)c1nccc(NCC2COC(C)(C)O2)n1. The predicted molar refractivity (Wildman–Crippen MR) is 69.8 cm³/mol. The van der Waals surface area contributed by atoms with E-state index < -0.39 is 5.79 Å². The molecule has 1 aromatic heterocycles. The second-order valence-corrected chi connectivity index (χ2v) is 4.97. The van der Waals surface area contributed by atoms with Gasteiger partial charge in [-0.2, -0.15) is 4.98 Å². The van der Waals surface area contributed by atoms with E-state index in [0.29, 0.717) is 19.1 Å². The van der Waals surface area contributed by atoms with Crippen LogP contribution in [0.1, 0.15) is 13.8 Å². The Kier molecular flexibility index (Phi) is 3.68. The van der Waals surface area contributed by atoms with Gasteiger partial charge in [0.1, 0.15) is 11.9 Å². The fourth-order valence-electron chi connectivity index (χ4n) is 1.74. The molecular formula is C12H20N4O2. The number of ether oxygens (including phenoxy) is 2. The van der Waals surface area contributed by atoms with Gasteiger partial charge in [-0.25, -0.2) is 4.98 Å². The van der Waals surface area contributed by atoms with E-state index in [4.69, 9.17) is 9.47 Å². The molecule has 0 saturated carbocycles. The van der Waals surface area contributed by atoms with Gasteiger partial charge in [0.15, 0.2) is 5.79 Å². The third kappa shape index (κ3) is 3.30. The van der Waals surface area contributed by atoms with Crippen LogP contribution in [0.5, 0.6) is 0 Å². The fraction of sp³-hybridized carbons (Fsp3) is 0.667. The van der Waals surface area contributed by atoms with Crippen molar-refractivity contribution in [1.82, 2.24) is 9.97 Å². The molecule has 1 aliphatic rings. The van der Waals surface area contributed by atoms with E-state index in [1.807, 2.05) is 38.9 Å². The van der Waals surface area contributed by atoms with Gasteiger partial charge in [-0.1, -0.05) is 0 Å². The zero-order chi connectivity index (χ0) is 13.2. The molecule has 100 valence electrons. The van der Waals surface area contributed by atoms with Crippen LogP contribution < -0.4 is 10.2 Å². The molecule has 18 heavy (non-hydrogen) atoms. The second-order valence-electron chi connectivity index (χ2n) is 4.97.